The van der Waals surface area contributed by atoms with Crippen molar-refractivity contribution in [1.82, 2.24) is 4.31 Å². The van der Waals surface area contributed by atoms with E-state index in [-0.39, 0.29) is 30.5 Å². The van der Waals surface area contributed by atoms with E-state index in [4.69, 9.17) is 0 Å². The van der Waals surface area contributed by atoms with E-state index in [1.54, 1.807) is 29.6 Å². The zero-order chi connectivity index (χ0) is 21.1. The number of hydrogen-bond acceptors (Lipinski definition) is 7. The third-order valence-corrected chi connectivity index (χ3v) is 9.08. The molecule has 156 valence electrons. The van der Waals surface area contributed by atoms with Crippen molar-refractivity contribution >= 4 is 27.0 Å². The van der Waals surface area contributed by atoms with Gasteiger partial charge in [0.25, 0.3) is 10.0 Å². The second kappa shape index (κ2) is 8.81. The number of rotatable bonds is 7. The maximum atomic E-state index is 13.3. The lowest BCUT2D eigenvalue weighted by Gasteiger charge is -2.49. The summed E-state index contributed by atoms with van der Waals surface area (Å²) in [6.45, 7) is 2.05. The van der Waals surface area contributed by atoms with E-state index < -0.39 is 21.5 Å². The summed E-state index contributed by atoms with van der Waals surface area (Å²) in [5.41, 5.74) is 0.245. The van der Waals surface area contributed by atoms with Crippen LogP contribution in [-0.2, 0) is 10.0 Å². The lowest BCUT2D eigenvalue weighted by molar-refractivity contribution is -0.00820. The molecule has 3 rings (SSSR count). The van der Waals surface area contributed by atoms with E-state index in [1.807, 2.05) is 24.0 Å². The van der Waals surface area contributed by atoms with E-state index in [2.05, 4.69) is 6.07 Å². The monoisotopic (exact) mass is 435 g/mol. The summed E-state index contributed by atoms with van der Waals surface area (Å²) in [6.07, 6.45) is 0.412. The van der Waals surface area contributed by atoms with Crippen LogP contribution in [0.4, 0.5) is 5.69 Å². The van der Waals surface area contributed by atoms with Gasteiger partial charge in [0, 0.05) is 25.0 Å². The molecule has 29 heavy (non-hydrogen) atoms. The second-order valence-corrected chi connectivity index (χ2v) is 10.2. The van der Waals surface area contributed by atoms with Crippen LogP contribution in [0.5, 0.6) is 0 Å². The van der Waals surface area contributed by atoms with Crippen LogP contribution >= 0.6 is 11.3 Å². The van der Waals surface area contributed by atoms with E-state index in [0.29, 0.717) is 18.5 Å². The number of para-hydroxylation sites is 1. The normalized spacial score (nSPS) is 18.6. The van der Waals surface area contributed by atoms with E-state index in [0.717, 1.165) is 17.0 Å². The largest absolute Gasteiger partial charge is 0.396 e. The van der Waals surface area contributed by atoms with Crippen LogP contribution in [0, 0.1) is 16.7 Å². The summed E-state index contributed by atoms with van der Waals surface area (Å²) in [4.78, 5) is 1.97. The van der Waals surface area contributed by atoms with Crippen LogP contribution in [0.25, 0.3) is 0 Å². The van der Waals surface area contributed by atoms with Gasteiger partial charge in [0.2, 0.25) is 0 Å². The van der Waals surface area contributed by atoms with Crippen molar-refractivity contribution in [1.29, 1.82) is 5.26 Å². The highest BCUT2D eigenvalue weighted by molar-refractivity contribution is 7.91. The highest BCUT2D eigenvalue weighted by atomic mass is 32.2. The summed E-state index contributed by atoms with van der Waals surface area (Å²) in [6, 6.07) is 12.0. The number of nitrogens with zero attached hydrogens (tertiary/aromatic N) is 3. The molecule has 1 unspecified atom stereocenters. The molecule has 0 amide bonds. The molecule has 0 saturated carbocycles. The van der Waals surface area contributed by atoms with Gasteiger partial charge in [0.15, 0.2) is 0 Å². The van der Waals surface area contributed by atoms with Crippen molar-refractivity contribution < 1.29 is 18.6 Å². The minimum Gasteiger partial charge on any atom is -0.396 e. The van der Waals surface area contributed by atoms with Gasteiger partial charge in [-0.1, -0.05) is 25.1 Å². The molecule has 1 fully saturated rings. The number of nitriles is 1. The molecule has 1 saturated heterocycles. The van der Waals surface area contributed by atoms with Gasteiger partial charge in [-0.2, -0.15) is 9.57 Å². The summed E-state index contributed by atoms with van der Waals surface area (Å²) in [5.74, 6) is 0. The Bertz CT molecular complexity index is 958. The standard InChI is InChI=1S/C20H25N3O4S2/c1-2-20(14-24,15-25)18-13-22(17-7-4-3-6-16(17)12-21)9-10-23(18)29(26,27)19-8-5-11-28-19/h3-8,11,18,24-25H,2,9-10,13-15H2,1H3. The molecule has 2 aromatic rings. The van der Waals surface area contributed by atoms with Gasteiger partial charge in [-0.15, -0.1) is 11.3 Å². The number of sulfonamides is 1. The molecule has 0 aliphatic carbocycles. The molecule has 1 aliphatic rings. The summed E-state index contributed by atoms with van der Waals surface area (Å²) < 4.78 is 28.3. The van der Waals surface area contributed by atoms with Crippen LogP contribution < -0.4 is 4.90 Å². The number of aliphatic hydroxyl groups is 2. The lowest BCUT2D eigenvalue weighted by atomic mass is 9.78. The average molecular weight is 436 g/mol. The highest BCUT2D eigenvalue weighted by Crippen LogP contribution is 2.37. The molecule has 2 heterocycles. The minimum atomic E-state index is -3.76. The van der Waals surface area contributed by atoms with Crippen molar-refractivity contribution in [3.63, 3.8) is 0 Å². The number of thiophene rings is 1. The van der Waals surface area contributed by atoms with Gasteiger partial charge >= 0.3 is 0 Å². The molecule has 1 aliphatic heterocycles. The Morgan fingerprint density at radius 1 is 1.21 bits per heavy atom. The Kier molecular flexibility index (Phi) is 6.61. The number of benzene rings is 1. The number of anilines is 1. The maximum absolute atomic E-state index is 13.3. The number of piperazine rings is 1. The van der Waals surface area contributed by atoms with Crippen molar-refractivity contribution in [2.24, 2.45) is 5.41 Å². The van der Waals surface area contributed by atoms with Crippen molar-refractivity contribution in [3.8, 4) is 6.07 Å². The predicted octanol–water partition coefficient (Wildman–Crippen LogP) is 1.88. The van der Waals surface area contributed by atoms with Gasteiger partial charge < -0.3 is 15.1 Å². The first-order valence-corrected chi connectivity index (χ1v) is 11.8. The fourth-order valence-corrected chi connectivity index (χ4v) is 6.68. The van der Waals surface area contributed by atoms with E-state index >= 15 is 0 Å². The SMILES string of the molecule is CCC(CO)(CO)C1CN(c2ccccc2C#N)CCN1S(=O)(=O)c1cccs1. The van der Waals surface area contributed by atoms with Crippen molar-refractivity contribution in [2.75, 3.05) is 37.7 Å². The maximum Gasteiger partial charge on any atom is 0.252 e. The third kappa shape index (κ3) is 3.91. The first kappa shape index (κ1) is 21.7. The first-order valence-electron chi connectivity index (χ1n) is 9.44. The van der Waals surface area contributed by atoms with Gasteiger partial charge in [0.05, 0.1) is 30.5 Å². The fraction of sp³-hybridized carbons (Fsp3) is 0.450. The Morgan fingerprint density at radius 3 is 2.52 bits per heavy atom. The smallest absolute Gasteiger partial charge is 0.252 e. The van der Waals surface area contributed by atoms with Crippen molar-refractivity contribution in [2.45, 2.75) is 23.6 Å². The molecule has 0 bridgehead atoms. The third-order valence-electron chi connectivity index (χ3n) is 5.80. The van der Waals surface area contributed by atoms with Gasteiger partial charge in [-0.25, -0.2) is 8.42 Å². The molecule has 9 heteroatoms. The van der Waals surface area contributed by atoms with Gasteiger partial charge in [-0.05, 0) is 30.0 Å². The van der Waals surface area contributed by atoms with Crippen molar-refractivity contribution in [3.05, 3.63) is 47.3 Å². The van der Waals surface area contributed by atoms with Gasteiger partial charge in [0.1, 0.15) is 10.3 Å². The summed E-state index contributed by atoms with van der Waals surface area (Å²) >= 11 is 1.15. The lowest BCUT2D eigenvalue weighted by Crippen LogP contribution is -2.63. The fourth-order valence-electron chi connectivity index (χ4n) is 3.86. The molecule has 1 aromatic carbocycles. The van der Waals surface area contributed by atoms with Gasteiger partial charge in [-0.3, -0.25) is 0 Å². The first-order chi connectivity index (χ1) is 13.9. The second-order valence-electron chi connectivity index (χ2n) is 7.17. The molecular formula is C20H25N3O4S2. The number of hydrogen-bond donors (Lipinski definition) is 2. The van der Waals surface area contributed by atoms with Crippen LogP contribution in [0.3, 0.4) is 0 Å². The Morgan fingerprint density at radius 2 is 1.93 bits per heavy atom. The Labute approximate surface area is 175 Å². The molecule has 0 radical (unpaired) electrons. The molecule has 7 nitrogen and oxygen atoms in total. The quantitative estimate of drug-likeness (QED) is 0.688. The van der Waals surface area contributed by atoms with E-state index in [9.17, 15) is 23.9 Å². The number of aliphatic hydroxyl groups excluding tert-OH is 2. The van der Waals surface area contributed by atoms with Crippen LogP contribution in [0.2, 0.25) is 0 Å². The predicted molar refractivity (Wildman–Crippen MR) is 112 cm³/mol. The highest BCUT2D eigenvalue weighted by Gasteiger charge is 2.48. The minimum absolute atomic E-state index is 0.201. The average Bonchev–Trinajstić information content (AvgIpc) is 3.31. The van der Waals surface area contributed by atoms with E-state index in [1.165, 1.54) is 4.31 Å². The molecule has 0 spiro atoms. The zero-order valence-corrected chi connectivity index (χ0v) is 17.9. The summed E-state index contributed by atoms with van der Waals surface area (Å²) in [7, 11) is -3.76. The Balaban J connectivity index is 2.05. The summed E-state index contributed by atoms with van der Waals surface area (Å²) in [5, 5.41) is 31.5. The molecular weight excluding hydrogens is 410 g/mol. The topological polar surface area (TPSA) is 105 Å². The molecule has 2 N–H and O–H groups in total. The van der Waals surface area contributed by atoms with Crippen LogP contribution in [0.1, 0.15) is 18.9 Å². The zero-order valence-electron chi connectivity index (χ0n) is 16.2. The van der Waals surface area contributed by atoms with Crippen LogP contribution in [-0.4, -0.2) is 61.8 Å². The van der Waals surface area contributed by atoms with Crippen LogP contribution in [0.15, 0.2) is 46.0 Å². The molecule has 1 atom stereocenters. The molecule has 1 aromatic heterocycles. The Hall–Kier alpha value is -1.96.